The van der Waals surface area contributed by atoms with Gasteiger partial charge in [-0.05, 0) is 89.3 Å². The molecule has 1 rings (SSSR count). The summed E-state index contributed by atoms with van der Waals surface area (Å²) < 4.78 is 0.0203. The first kappa shape index (κ1) is 31.4. The Morgan fingerprint density at radius 3 is 1.76 bits per heavy atom. The summed E-state index contributed by atoms with van der Waals surface area (Å²) in [6, 6.07) is 0. The molecule has 1 aliphatic carbocycles. The van der Waals surface area contributed by atoms with Crippen LogP contribution in [0.5, 0.6) is 0 Å². The van der Waals surface area contributed by atoms with E-state index in [1.807, 2.05) is 0 Å². The molecule has 0 N–H and O–H groups in total. The van der Waals surface area contributed by atoms with Crippen molar-refractivity contribution < 1.29 is 0 Å². The Bertz CT molecular complexity index is 584. The van der Waals surface area contributed by atoms with Crippen LogP contribution in [0.25, 0.3) is 0 Å². The van der Waals surface area contributed by atoms with Gasteiger partial charge in [-0.2, -0.15) is 12.6 Å². The van der Waals surface area contributed by atoms with Gasteiger partial charge < -0.3 is 0 Å². The Balaban J connectivity index is 3.16. The van der Waals surface area contributed by atoms with Crippen LogP contribution in [0, 0.1) is 70.0 Å². The van der Waals surface area contributed by atoms with Gasteiger partial charge in [0.25, 0.3) is 0 Å². The summed E-state index contributed by atoms with van der Waals surface area (Å²) in [5.41, 5.74) is 0.692. The molecular weight excluding hydrogens is 416 g/mol. The highest BCUT2D eigenvalue weighted by Crippen LogP contribution is 2.67. The Kier molecular flexibility index (Phi) is 11.0. The molecule has 33 heavy (non-hydrogen) atoms. The molecule has 0 aromatic heterocycles. The van der Waals surface area contributed by atoms with Crippen LogP contribution in [0.1, 0.15) is 130 Å². The highest BCUT2D eigenvalue weighted by atomic mass is 32.1. The summed E-state index contributed by atoms with van der Waals surface area (Å²) >= 11 is 5.11. The second kappa shape index (κ2) is 11.6. The predicted molar refractivity (Wildman–Crippen MR) is 155 cm³/mol. The molecule has 0 nitrogen and oxygen atoms in total. The smallest absolute Gasteiger partial charge is 0.0127 e. The molecule has 0 spiro atoms. The first-order valence-corrected chi connectivity index (χ1v) is 15.0. The van der Waals surface area contributed by atoms with E-state index in [9.17, 15) is 0 Å². The molecule has 1 fully saturated rings. The zero-order valence-corrected chi connectivity index (χ0v) is 26.4. The van der Waals surface area contributed by atoms with Gasteiger partial charge in [0.15, 0.2) is 0 Å². The predicted octanol–water partition coefficient (Wildman–Crippen LogP) is 10.7. The number of hydrogen-bond acceptors (Lipinski definition) is 1. The van der Waals surface area contributed by atoms with Crippen molar-refractivity contribution in [2.75, 3.05) is 0 Å². The molecular formula is C32H64S. The molecule has 0 amide bonds. The van der Waals surface area contributed by atoms with Gasteiger partial charge in [-0.15, -0.1) is 0 Å². The van der Waals surface area contributed by atoms with Crippen LogP contribution in [0.2, 0.25) is 0 Å². The zero-order valence-electron chi connectivity index (χ0n) is 25.5. The molecule has 0 aliphatic heterocycles. The minimum atomic E-state index is 0.0203. The average Bonchev–Trinajstić information content (AvgIpc) is 3.37. The quantitative estimate of drug-likeness (QED) is 0.235. The van der Waals surface area contributed by atoms with Crippen molar-refractivity contribution in [2.24, 2.45) is 70.0 Å². The normalized spacial score (nSPS) is 29.2. The lowest BCUT2D eigenvalue weighted by molar-refractivity contribution is 0.0463. The standard InChI is InChI=1S/C32H64S/c1-16-21(4)17-24(7)29(27(10)30(11,12)31(13,14)33)28-19-32(28,15)26(9)25(8)23(6)18-22(5)20(2)3/h20-29,33H,16-19H2,1-15H3. The topological polar surface area (TPSA) is 0 Å². The summed E-state index contributed by atoms with van der Waals surface area (Å²) in [4.78, 5) is 0. The van der Waals surface area contributed by atoms with Gasteiger partial charge in [-0.1, -0.05) is 110 Å². The summed E-state index contributed by atoms with van der Waals surface area (Å²) in [5.74, 6) is 7.88. The van der Waals surface area contributed by atoms with E-state index >= 15 is 0 Å². The minimum absolute atomic E-state index is 0.0203. The van der Waals surface area contributed by atoms with Gasteiger partial charge >= 0.3 is 0 Å². The number of rotatable bonds is 14. The average molecular weight is 481 g/mol. The van der Waals surface area contributed by atoms with E-state index in [1.54, 1.807) is 0 Å². The fourth-order valence-corrected chi connectivity index (χ4v) is 7.12. The SMILES string of the molecule is CCC(C)CC(C)C(C1CC1(C)C(C)C(C)C(C)CC(C)C(C)C)C(C)C(C)(C)C(C)(C)S. The number of hydrogen-bond donors (Lipinski definition) is 1. The van der Waals surface area contributed by atoms with Crippen molar-refractivity contribution >= 4 is 12.6 Å². The van der Waals surface area contributed by atoms with Crippen LogP contribution >= 0.6 is 12.6 Å². The van der Waals surface area contributed by atoms with Crippen molar-refractivity contribution in [1.29, 1.82) is 0 Å². The van der Waals surface area contributed by atoms with Crippen LogP contribution in [-0.4, -0.2) is 4.75 Å². The lowest BCUT2D eigenvalue weighted by Crippen LogP contribution is -2.45. The minimum Gasteiger partial charge on any atom is -0.173 e. The summed E-state index contributed by atoms with van der Waals surface area (Å²) in [7, 11) is 0. The molecule has 1 saturated carbocycles. The van der Waals surface area contributed by atoms with E-state index in [4.69, 9.17) is 12.6 Å². The van der Waals surface area contributed by atoms with Crippen LogP contribution in [0.15, 0.2) is 0 Å². The van der Waals surface area contributed by atoms with Crippen molar-refractivity contribution in [3.8, 4) is 0 Å². The molecule has 10 unspecified atom stereocenters. The molecule has 10 atom stereocenters. The molecule has 0 aromatic carbocycles. The fourth-order valence-electron chi connectivity index (χ4n) is 6.92. The van der Waals surface area contributed by atoms with Crippen LogP contribution in [-0.2, 0) is 0 Å². The van der Waals surface area contributed by atoms with Gasteiger partial charge in [0.1, 0.15) is 0 Å². The molecule has 0 bridgehead atoms. The molecule has 1 heteroatoms. The van der Waals surface area contributed by atoms with Gasteiger partial charge in [0, 0.05) is 4.75 Å². The van der Waals surface area contributed by atoms with Crippen LogP contribution < -0.4 is 0 Å². The highest BCUT2D eigenvalue weighted by Gasteiger charge is 2.61. The van der Waals surface area contributed by atoms with Gasteiger partial charge in [-0.25, -0.2) is 0 Å². The zero-order chi connectivity index (χ0) is 26.1. The first-order valence-electron chi connectivity index (χ1n) is 14.5. The fraction of sp³-hybridized carbons (Fsp3) is 1.00. The Hall–Kier alpha value is 0.350. The summed E-state index contributed by atoms with van der Waals surface area (Å²) in [6.07, 6.45) is 5.46. The van der Waals surface area contributed by atoms with E-state index in [1.165, 1.54) is 25.7 Å². The lowest BCUT2D eigenvalue weighted by atomic mass is 9.60. The molecule has 0 heterocycles. The van der Waals surface area contributed by atoms with E-state index in [0.717, 1.165) is 53.3 Å². The third-order valence-electron chi connectivity index (χ3n) is 11.8. The van der Waals surface area contributed by atoms with E-state index in [0.29, 0.717) is 11.3 Å². The van der Waals surface area contributed by atoms with Crippen molar-refractivity contribution in [3.05, 3.63) is 0 Å². The monoisotopic (exact) mass is 480 g/mol. The van der Waals surface area contributed by atoms with Crippen molar-refractivity contribution in [2.45, 2.75) is 134 Å². The second-order valence-electron chi connectivity index (χ2n) is 14.8. The summed E-state index contributed by atoms with van der Waals surface area (Å²) in [5, 5.41) is 0. The van der Waals surface area contributed by atoms with E-state index in [2.05, 4.69) is 104 Å². The van der Waals surface area contributed by atoms with Crippen molar-refractivity contribution in [3.63, 3.8) is 0 Å². The third-order valence-corrected chi connectivity index (χ3v) is 12.4. The molecule has 0 radical (unpaired) electrons. The van der Waals surface area contributed by atoms with Crippen molar-refractivity contribution in [1.82, 2.24) is 0 Å². The summed E-state index contributed by atoms with van der Waals surface area (Å²) in [6.45, 7) is 37.1. The Morgan fingerprint density at radius 2 is 1.33 bits per heavy atom. The second-order valence-corrected chi connectivity index (χ2v) is 15.9. The lowest BCUT2D eigenvalue weighted by Gasteiger charge is -2.49. The molecule has 1 aliphatic rings. The highest BCUT2D eigenvalue weighted by molar-refractivity contribution is 7.81. The third kappa shape index (κ3) is 7.20. The van der Waals surface area contributed by atoms with Crippen LogP contribution in [0.4, 0.5) is 0 Å². The first-order chi connectivity index (χ1) is 14.8. The van der Waals surface area contributed by atoms with Gasteiger partial charge in [0.2, 0.25) is 0 Å². The molecule has 0 aromatic rings. The van der Waals surface area contributed by atoms with E-state index < -0.39 is 0 Å². The largest absolute Gasteiger partial charge is 0.173 e. The van der Waals surface area contributed by atoms with E-state index in [-0.39, 0.29) is 10.2 Å². The maximum atomic E-state index is 5.11. The maximum Gasteiger partial charge on any atom is 0.0127 e. The van der Waals surface area contributed by atoms with Crippen LogP contribution in [0.3, 0.4) is 0 Å². The number of thiol groups is 1. The van der Waals surface area contributed by atoms with Gasteiger partial charge in [0.05, 0.1) is 0 Å². The Labute approximate surface area is 216 Å². The molecule has 0 saturated heterocycles. The Morgan fingerprint density at radius 1 is 0.818 bits per heavy atom. The molecule has 198 valence electrons. The van der Waals surface area contributed by atoms with Gasteiger partial charge in [-0.3, -0.25) is 0 Å². The maximum absolute atomic E-state index is 5.11.